The van der Waals surface area contributed by atoms with Crippen LogP contribution in [0.1, 0.15) is 105 Å². The number of nitrogens with zero attached hydrogens (tertiary/aromatic N) is 2. The molecule has 0 amide bonds. The maximum atomic E-state index is 16.1. The van der Waals surface area contributed by atoms with Gasteiger partial charge in [-0.15, -0.1) is 0 Å². The molecule has 2 aromatic carbocycles. The number of hydrogen-bond acceptors (Lipinski definition) is 14. The standard InChI is InChI=1S/C50H49F2N2O10PS2/c1-22(44(57)61-29-8-6-25-18-31-49(59)12-10-27(55)40-47(49,35(25)37(29)63-40)14-16-53(31)20-23-2-3-23)33-34-39(43(52)67-45(34)66-42(33)51)65-46(58)62-30-9-7-26-19-32-50(60)13-11-28(56)41-48(50,36(26)38(30)64-41)15-17-54(32)21-24-4-5-24/h6-9,22-24,31-32,40-41,59-60,65H,2-5,10-21H2,1H3/t22?,31-,32-,40+,41+,47+,48+,49-,50-/m1/s1. The Morgan fingerprint density at radius 2 is 1.28 bits per heavy atom. The highest BCUT2D eigenvalue weighted by Gasteiger charge is 2.75. The highest BCUT2D eigenvalue weighted by Crippen LogP contribution is 2.67. The fourth-order valence-electron chi connectivity index (χ4n) is 14.6. The number of benzene rings is 2. The van der Waals surface area contributed by atoms with Crippen molar-refractivity contribution in [1.82, 2.24) is 9.80 Å². The van der Waals surface area contributed by atoms with E-state index in [0.717, 1.165) is 35.3 Å². The minimum Gasteiger partial charge on any atom is -0.477 e. The van der Waals surface area contributed by atoms with Gasteiger partial charge in [0.1, 0.15) is 0 Å². The van der Waals surface area contributed by atoms with Gasteiger partial charge in [0.15, 0.2) is 57.0 Å². The Bertz CT molecular complexity index is 2930. The third-order valence-electron chi connectivity index (χ3n) is 18.0. The summed E-state index contributed by atoms with van der Waals surface area (Å²) in [7, 11) is -0.934. The molecule has 2 saturated heterocycles. The lowest BCUT2D eigenvalue weighted by Crippen LogP contribution is -2.76. The molecule has 0 radical (unpaired) electrons. The number of carbonyl (C=O) groups excluding carboxylic acids is 4. The molecule has 6 heterocycles. The SMILES string of the molecule is CC(C(=O)Oc1ccc2c3c1O[C@H]1C(=O)CC[C@@]4(O)[C@@H](C2)N(CC2CC2)CC[C@]314)c1c(F)sc2sc(F)c(PC(=O)Oc3ccc4c5c3O[C@H]3C(=O)CC[C@@]6(O)[C@@H](C4)N(CC4CC4)CC[C@]536)c12. The highest BCUT2D eigenvalue weighted by atomic mass is 32.2. The van der Waals surface area contributed by atoms with Crippen LogP contribution in [0, 0.1) is 22.1 Å². The van der Waals surface area contributed by atoms with Crippen molar-refractivity contribution in [2.45, 2.75) is 136 Å². The molecule has 14 rings (SSSR count). The maximum absolute atomic E-state index is 16.1. The molecular formula is C50H49F2N2O10PS2. The van der Waals surface area contributed by atoms with Crippen molar-refractivity contribution in [3.05, 3.63) is 62.3 Å². The smallest absolute Gasteiger partial charge is 0.333 e. The largest absolute Gasteiger partial charge is 0.477 e. The third kappa shape index (κ3) is 5.49. The van der Waals surface area contributed by atoms with Crippen LogP contribution < -0.4 is 24.3 Å². The van der Waals surface area contributed by atoms with Crippen LogP contribution >= 0.6 is 31.3 Å². The molecular weight excluding hydrogens is 922 g/mol. The van der Waals surface area contributed by atoms with Gasteiger partial charge in [0.25, 0.3) is 0 Å². The zero-order valence-corrected chi connectivity index (χ0v) is 39.4. The summed E-state index contributed by atoms with van der Waals surface area (Å²) < 4.78 is 57.4. The van der Waals surface area contributed by atoms with Crippen molar-refractivity contribution in [2.75, 3.05) is 26.2 Å². The lowest BCUT2D eigenvalue weighted by molar-refractivity contribution is -0.188. The van der Waals surface area contributed by atoms with Crippen molar-refractivity contribution in [2.24, 2.45) is 11.8 Å². The number of Topliss-reactive ketones (excluding diaryl/α,β-unsaturated/α-hetero) is 2. The molecule has 2 aromatic heterocycles. The first-order valence-electron chi connectivity index (χ1n) is 24.0. The van der Waals surface area contributed by atoms with Crippen LogP contribution in [0.4, 0.5) is 13.6 Å². The van der Waals surface area contributed by atoms with E-state index in [-0.39, 0.29) is 79.8 Å². The molecule has 6 fully saturated rings. The average molecular weight is 971 g/mol. The van der Waals surface area contributed by atoms with Crippen LogP contribution in [0.15, 0.2) is 24.3 Å². The predicted molar refractivity (Wildman–Crippen MR) is 244 cm³/mol. The number of halogens is 2. The predicted octanol–water partition coefficient (Wildman–Crippen LogP) is 6.72. The summed E-state index contributed by atoms with van der Waals surface area (Å²) >= 11 is 1.38. The lowest BCUT2D eigenvalue weighted by atomic mass is 9.49. The number of ether oxygens (including phenoxy) is 4. The minimum atomic E-state index is -1.26. The number of carbonyl (C=O) groups is 4. The minimum absolute atomic E-state index is 0.0710. The number of piperidine rings is 2. The summed E-state index contributed by atoms with van der Waals surface area (Å²) in [5, 5.41) is 24.0. The van der Waals surface area contributed by atoms with E-state index in [2.05, 4.69) is 9.80 Å². The number of likely N-dealkylation sites (tertiary alicyclic amines) is 2. The van der Waals surface area contributed by atoms with Gasteiger partial charge in [-0.2, -0.15) is 8.78 Å². The molecule has 350 valence electrons. The Labute approximate surface area is 394 Å². The Kier molecular flexibility index (Phi) is 8.87. The van der Waals surface area contributed by atoms with Gasteiger partial charge in [-0.3, -0.25) is 24.2 Å². The molecule has 4 aliphatic heterocycles. The average Bonchev–Trinajstić information content (AvgIpc) is 4.18. The molecule has 12 nitrogen and oxygen atoms in total. The first-order chi connectivity index (χ1) is 32.2. The van der Waals surface area contributed by atoms with Crippen molar-refractivity contribution in [1.29, 1.82) is 0 Å². The topological polar surface area (TPSA) is 152 Å². The molecule has 2 N–H and O–H groups in total. The van der Waals surface area contributed by atoms with E-state index in [1.54, 1.807) is 12.1 Å². The number of rotatable bonds is 10. The summed E-state index contributed by atoms with van der Waals surface area (Å²) in [4.78, 5) is 60.3. The Balaban J connectivity index is 0.749. The quantitative estimate of drug-likeness (QED) is 0.0987. The first kappa shape index (κ1) is 42.0. The molecule has 4 saturated carbocycles. The zero-order chi connectivity index (χ0) is 45.7. The van der Waals surface area contributed by atoms with Gasteiger partial charge in [-0.1, -0.05) is 34.8 Å². The van der Waals surface area contributed by atoms with E-state index in [1.807, 2.05) is 12.1 Å². The van der Waals surface area contributed by atoms with Crippen LogP contribution in [0.3, 0.4) is 0 Å². The Hall–Kier alpha value is -3.89. The summed E-state index contributed by atoms with van der Waals surface area (Å²) in [5.74, 6) is -0.353. The van der Waals surface area contributed by atoms with Gasteiger partial charge in [-0.05, 0) is 119 Å². The summed E-state index contributed by atoms with van der Waals surface area (Å²) in [6, 6.07) is 6.72. The zero-order valence-electron chi connectivity index (χ0n) is 36.8. The van der Waals surface area contributed by atoms with E-state index >= 15 is 8.78 Å². The van der Waals surface area contributed by atoms with E-state index in [1.165, 1.54) is 32.6 Å². The molecule has 2 unspecified atom stereocenters. The molecule has 67 heavy (non-hydrogen) atoms. The summed E-state index contributed by atoms with van der Waals surface area (Å²) in [6.07, 6.45) is 6.12. The van der Waals surface area contributed by atoms with Crippen LogP contribution in [0.2, 0.25) is 0 Å². The van der Waals surface area contributed by atoms with Crippen molar-refractivity contribution < 1.29 is 57.1 Å². The number of esters is 1. The van der Waals surface area contributed by atoms with Gasteiger partial charge < -0.3 is 29.2 Å². The number of ketones is 2. The van der Waals surface area contributed by atoms with Crippen LogP contribution in [0.25, 0.3) is 9.40 Å². The number of thiophene rings is 2. The molecule has 4 bridgehead atoms. The van der Waals surface area contributed by atoms with Gasteiger partial charge in [-0.25, -0.2) is 4.79 Å². The normalized spacial score (nSPS) is 34.8. The summed E-state index contributed by atoms with van der Waals surface area (Å²) in [5.41, 5.74) is -1.92. The maximum Gasteiger partial charge on any atom is 0.333 e. The first-order valence-corrected chi connectivity index (χ1v) is 26.6. The highest BCUT2D eigenvalue weighted by molar-refractivity contribution is 7.66. The van der Waals surface area contributed by atoms with Crippen molar-refractivity contribution in [3.8, 4) is 23.0 Å². The van der Waals surface area contributed by atoms with Crippen molar-refractivity contribution in [3.63, 3.8) is 0 Å². The molecule has 2 spiro atoms. The number of hydrogen-bond donors (Lipinski definition) is 2. The van der Waals surface area contributed by atoms with Crippen molar-refractivity contribution >= 4 is 69.2 Å². The Morgan fingerprint density at radius 1 is 0.776 bits per heavy atom. The van der Waals surface area contributed by atoms with Crippen LogP contribution in [-0.4, -0.2) is 105 Å². The second kappa shape index (κ2) is 14.1. The molecule has 10 aliphatic rings. The van der Waals surface area contributed by atoms with E-state index in [0.29, 0.717) is 86.1 Å². The second-order valence-electron chi connectivity index (χ2n) is 21.2. The fraction of sp³-hybridized carbons (Fsp3) is 0.560. The molecule has 6 aliphatic carbocycles. The van der Waals surface area contributed by atoms with Crippen LogP contribution in [-0.2, 0) is 38.1 Å². The lowest BCUT2D eigenvalue weighted by Gasteiger charge is -2.62. The molecule has 10 atom stereocenters. The van der Waals surface area contributed by atoms with E-state index in [4.69, 9.17) is 18.9 Å². The second-order valence-corrected chi connectivity index (χ2v) is 24.6. The monoisotopic (exact) mass is 970 g/mol. The molecule has 17 heteroatoms. The van der Waals surface area contributed by atoms with E-state index in [9.17, 15) is 29.4 Å². The van der Waals surface area contributed by atoms with E-state index < -0.39 is 70.7 Å². The fourth-order valence-corrected chi connectivity index (χ4v) is 18.1. The van der Waals surface area contributed by atoms with Gasteiger partial charge in [0.2, 0.25) is 0 Å². The van der Waals surface area contributed by atoms with Gasteiger partial charge in [0.05, 0.1) is 32.0 Å². The molecule has 4 aromatic rings. The van der Waals surface area contributed by atoms with Gasteiger partial charge in [0, 0.05) is 74.0 Å². The van der Waals surface area contributed by atoms with Crippen LogP contribution in [0.5, 0.6) is 23.0 Å². The number of fused-ring (bicyclic) bond motifs is 1. The van der Waals surface area contributed by atoms with Gasteiger partial charge >= 0.3 is 11.7 Å². The number of aliphatic hydroxyl groups is 2. The summed E-state index contributed by atoms with van der Waals surface area (Å²) in [6.45, 7) is 4.74. The third-order valence-corrected chi connectivity index (χ3v) is 21.3. The Morgan fingerprint density at radius 3 is 1.81 bits per heavy atom.